The van der Waals surface area contributed by atoms with E-state index in [1.54, 1.807) is 17.0 Å². The number of ether oxygens (including phenoxy) is 2. The summed E-state index contributed by atoms with van der Waals surface area (Å²) in [5.74, 6) is 1.48. The van der Waals surface area contributed by atoms with Crippen LogP contribution in [0.1, 0.15) is 57.9 Å². The molecule has 0 aromatic heterocycles. The molecule has 3 heterocycles. The highest BCUT2D eigenvalue weighted by molar-refractivity contribution is 9.11. The van der Waals surface area contributed by atoms with E-state index in [0.717, 1.165) is 57.2 Å². The van der Waals surface area contributed by atoms with Crippen molar-refractivity contribution in [1.29, 1.82) is 0 Å². The summed E-state index contributed by atoms with van der Waals surface area (Å²) < 4.78 is 12.0. The van der Waals surface area contributed by atoms with Crippen LogP contribution in [0.25, 0.3) is 0 Å². The van der Waals surface area contributed by atoms with Crippen molar-refractivity contribution >= 4 is 49.8 Å². The molecule has 9 nitrogen and oxygen atoms in total. The molecule has 0 aliphatic carbocycles. The maximum absolute atomic E-state index is 13.8. The Morgan fingerprint density at radius 3 is 2.00 bits per heavy atom. The van der Waals surface area contributed by atoms with Gasteiger partial charge in [-0.15, -0.1) is 0 Å². The van der Waals surface area contributed by atoms with E-state index >= 15 is 0 Å². The fourth-order valence-corrected chi connectivity index (χ4v) is 7.56. The van der Waals surface area contributed by atoms with Gasteiger partial charge in [-0.3, -0.25) is 14.5 Å². The number of likely N-dealkylation sites (tertiary alicyclic amines) is 3. The summed E-state index contributed by atoms with van der Waals surface area (Å²) in [6.07, 6.45) is 4.68. The van der Waals surface area contributed by atoms with Gasteiger partial charge in [0.05, 0.1) is 22.1 Å². The molecular weight excluding hydrogens is 658 g/mol. The lowest BCUT2D eigenvalue weighted by Crippen LogP contribution is -2.49. The summed E-state index contributed by atoms with van der Waals surface area (Å²) in [7, 11) is 0. The standard InChI is InChI=1S/C30H43Br2N3O6/c1-3-40-27(36)19-33-10-6-22(7-11-33)23-8-14-34(15-9-23)29(38)26(18-21-16-24(31)28(37)25(32)17-21)41-30(39)35-12-4-20(2)5-13-35/h16-17,20,22-23,26,37H,3-15,18-19H2,1-2H3/t26-/m1/s1. The zero-order valence-electron chi connectivity index (χ0n) is 24.2. The van der Waals surface area contributed by atoms with E-state index in [-0.39, 0.29) is 24.0 Å². The Morgan fingerprint density at radius 1 is 0.902 bits per heavy atom. The molecule has 1 aromatic rings. The average molecular weight is 701 g/mol. The van der Waals surface area contributed by atoms with Gasteiger partial charge in [0.15, 0.2) is 6.10 Å². The van der Waals surface area contributed by atoms with Gasteiger partial charge < -0.3 is 24.4 Å². The van der Waals surface area contributed by atoms with E-state index in [1.165, 1.54) is 0 Å². The SMILES string of the molecule is CCOC(=O)CN1CCC(C2CCN(C(=O)[C@@H](Cc3cc(Br)c(O)c(Br)c3)OC(=O)N3CCC(C)CC3)CC2)CC1. The lowest BCUT2D eigenvalue weighted by molar-refractivity contribution is -0.144. The predicted octanol–water partition coefficient (Wildman–Crippen LogP) is 5.21. The summed E-state index contributed by atoms with van der Waals surface area (Å²) >= 11 is 6.74. The number of carbonyl (C=O) groups excluding carboxylic acids is 3. The fraction of sp³-hybridized carbons (Fsp3) is 0.700. The van der Waals surface area contributed by atoms with Crippen LogP contribution in [-0.4, -0.2) is 96.3 Å². The highest BCUT2D eigenvalue weighted by Gasteiger charge is 2.36. The molecule has 0 saturated carbocycles. The third kappa shape index (κ3) is 8.83. The molecule has 3 aliphatic heterocycles. The Kier molecular flexibility index (Phi) is 11.8. The van der Waals surface area contributed by atoms with Crippen LogP contribution in [0.3, 0.4) is 0 Å². The molecule has 3 aliphatic rings. The first-order valence-corrected chi connectivity index (χ1v) is 16.5. The number of hydrogen-bond donors (Lipinski definition) is 1. The average Bonchev–Trinajstić information content (AvgIpc) is 2.96. The Hall–Kier alpha value is -1.85. The van der Waals surface area contributed by atoms with Gasteiger partial charge in [0.25, 0.3) is 5.91 Å². The molecule has 1 N–H and O–H groups in total. The van der Waals surface area contributed by atoms with Gasteiger partial charge in [-0.05, 0) is 126 Å². The molecule has 1 atom stereocenters. The summed E-state index contributed by atoms with van der Waals surface area (Å²) in [6.45, 7) is 9.14. The van der Waals surface area contributed by atoms with Crippen molar-refractivity contribution < 1.29 is 29.0 Å². The van der Waals surface area contributed by atoms with Gasteiger partial charge in [-0.25, -0.2) is 4.79 Å². The topological polar surface area (TPSA) is 99.6 Å². The van der Waals surface area contributed by atoms with Crippen molar-refractivity contribution in [2.45, 2.75) is 64.9 Å². The van der Waals surface area contributed by atoms with Crippen LogP contribution in [0, 0.1) is 17.8 Å². The van der Waals surface area contributed by atoms with Crippen molar-refractivity contribution in [2.24, 2.45) is 17.8 Å². The van der Waals surface area contributed by atoms with Crippen molar-refractivity contribution in [2.75, 3.05) is 52.4 Å². The molecule has 228 valence electrons. The molecule has 11 heteroatoms. The zero-order chi connectivity index (χ0) is 29.5. The molecule has 41 heavy (non-hydrogen) atoms. The van der Waals surface area contributed by atoms with Crippen molar-refractivity contribution in [3.8, 4) is 5.75 Å². The monoisotopic (exact) mass is 699 g/mol. The molecule has 0 unspecified atom stereocenters. The second kappa shape index (κ2) is 15.0. The number of aromatic hydroxyl groups is 1. The Bertz CT molecular complexity index is 1040. The summed E-state index contributed by atoms with van der Waals surface area (Å²) in [4.78, 5) is 44.5. The van der Waals surface area contributed by atoms with Crippen molar-refractivity contribution in [3.63, 3.8) is 0 Å². The maximum atomic E-state index is 13.8. The summed E-state index contributed by atoms with van der Waals surface area (Å²) in [5, 5.41) is 10.1. The normalized spacial score (nSPS) is 20.6. The van der Waals surface area contributed by atoms with Gasteiger partial charge in [0.1, 0.15) is 5.75 Å². The number of amides is 2. The van der Waals surface area contributed by atoms with E-state index in [1.807, 2.05) is 11.8 Å². The van der Waals surface area contributed by atoms with Gasteiger partial charge in [0.2, 0.25) is 0 Å². The van der Waals surface area contributed by atoms with Crippen LogP contribution in [0.4, 0.5) is 4.79 Å². The number of phenolic OH excluding ortho intramolecular Hbond substituents is 1. The van der Waals surface area contributed by atoms with Gasteiger partial charge in [-0.1, -0.05) is 6.92 Å². The molecule has 3 saturated heterocycles. The van der Waals surface area contributed by atoms with E-state index < -0.39 is 12.2 Å². The van der Waals surface area contributed by atoms with Crippen LogP contribution >= 0.6 is 31.9 Å². The van der Waals surface area contributed by atoms with Crippen LogP contribution in [0.15, 0.2) is 21.1 Å². The molecule has 1 aromatic carbocycles. The van der Waals surface area contributed by atoms with Crippen LogP contribution in [0.5, 0.6) is 5.75 Å². The lowest BCUT2D eigenvalue weighted by Gasteiger charge is -2.40. The van der Waals surface area contributed by atoms with E-state index in [4.69, 9.17) is 9.47 Å². The molecular formula is C30H43Br2N3O6. The Balaban J connectivity index is 1.35. The lowest BCUT2D eigenvalue weighted by atomic mass is 9.78. The van der Waals surface area contributed by atoms with Gasteiger partial charge in [-0.2, -0.15) is 0 Å². The minimum absolute atomic E-state index is 0.0878. The number of benzene rings is 1. The van der Waals surface area contributed by atoms with E-state index in [2.05, 4.69) is 43.7 Å². The molecule has 0 radical (unpaired) electrons. The summed E-state index contributed by atoms with van der Waals surface area (Å²) in [6, 6.07) is 3.52. The third-order valence-corrected chi connectivity index (χ3v) is 10.1. The number of nitrogens with zero attached hydrogens (tertiary/aromatic N) is 3. The highest BCUT2D eigenvalue weighted by Crippen LogP contribution is 2.35. The third-order valence-electron chi connectivity index (χ3n) is 8.87. The second-order valence-corrected chi connectivity index (χ2v) is 13.4. The number of halogens is 2. The van der Waals surface area contributed by atoms with Crippen LogP contribution in [0.2, 0.25) is 0 Å². The molecule has 4 rings (SSSR count). The zero-order valence-corrected chi connectivity index (χ0v) is 27.3. The largest absolute Gasteiger partial charge is 0.506 e. The minimum atomic E-state index is -0.937. The van der Waals surface area contributed by atoms with Gasteiger partial charge in [0, 0.05) is 32.6 Å². The molecule has 0 bridgehead atoms. The predicted molar refractivity (Wildman–Crippen MR) is 163 cm³/mol. The number of phenols is 1. The van der Waals surface area contributed by atoms with Crippen molar-refractivity contribution in [1.82, 2.24) is 14.7 Å². The second-order valence-electron chi connectivity index (χ2n) is 11.7. The van der Waals surface area contributed by atoms with Crippen molar-refractivity contribution in [3.05, 3.63) is 26.6 Å². The first kappa shape index (κ1) is 32.1. The quantitative estimate of drug-likeness (QED) is 0.372. The smallest absolute Gasteiger partial charge is 0.410 e. The molecule has 0 spiro atoms. The highest BCUT2D eigenvalue weighted by atomic mass is 79.9. The van der Waals surface area contributed by atoms with Crippen LogP contribution in [-0.2, 0) is 25.5 Å². The number of esters is 1. The first-order valence-electron chi connectivity index (χ1n) is 14.9. The first-order chi connectivity index (χ1) is 19.6. The fourth-order valence-electron chi connectivity index (χ4n) is 6.28. The number of carbonyl (C=O) groups is 3. The molecule has 2 amide bonds. The number of hydrogen-bond acceptors (Lipinski definition) is 7. The maximum Gasteiger partial charge on any atom is 0.410 e. The summed E-state index contributed by atoms with van der Waals surface area (Å²) in [5.41, 5.74) is 0.782. The number of rotatable bonds is 8. The Morgan fingerprint density at radius 2 is 1.44 bits per heavy atom. The van der Waals surface area contributed by atoms with Gasteiger partial charge >= 0.3 is 12.1 Å². The minimum Gasteiger partial charge on any atom is -0.506 e. The number of piperidine rings is 3. The van der Waals surface area contributed by atoms with E-state index in [0.29, 0.717) is 66.0 Å². The Labute approximate surface area is 260 Å². The van der Waals surface area contributed by atoms with Crippen LogP contribution < -0.4 is 0 Å². The molecule has 3 fully saturated rings. The van der Waals surface area contributed by atoms with E-state index in [9.17, 15) is 19.5 Å².